The summed E-state index contributed by atoms with van der Waals surface area (Å²) in [7, 11) is 2.99. The number of benzene rings is 1. The van der Waals surface area contributed by atoms with E-state index in [4.69, 9.17) is 9.47 Å². The average molecular weight is 293 g/mol. The first kappa shape index (κ1) is 15.2. The molecule has 1 amide bonds. The quantitative estimate of drug-likeness (QED) is 0.915. The maximum atomic E-state index is 12.7. The van der Waals surface area contributed by atoms with E-state index < -0.39 is 12.0 Å². The molecule has 1 N–H and O–H groups in total. The molecule has 2 rings (SSSR count). The standard InChI is InChI=1S/C15H19NO5/c1-20-10-6-7-13(21-2)11(9-10)14(17)16-8-4-3-5-12(16)15(18)19/h6-7,9,12H,3-5,8H2,1-2H3,(H,18,19)/t12-/m1/s1. The van der Waals surface area contributed by atoms with E-state index in [1.807, 2.05) is 0 Å². The first-order valence-corrected chi connectivity index (χ1v) is 6.84. The van der Waals surface area contributed by atoms with Gasteiger partial charge in [0.25, 0.3) is 5.91 Å². The van der Waals surface area contributed by atoms with Crippen molar-refractivity contribution in [1.82, 2.24) is 4.90 Å². The molecule has 6 nitrogen and oxygen atoms in total. The fourth-order valence-electron chi connectivity index (χ4n) is 2.57. The summed E-state index contributed by atoms with van der Waals surface area (Å²) in [5.41, 5.74) is 0.324. The average Bonchev–Trinajstić information content (AvgIpc) is 2.53. The number of carboxylic acids is 1. The Labute approximate surface area is 123 Å². The summed E-state index contributed by atoms with van der Waals surface area (Å²) >= 11 is 0. The Hall–Kier alpha value is -2.24. The van der Waals surface area contributed by atoms with Crippen LogP contribution in [0, 0.1) is 0 Å². The fraction of sp³-hybridized carbons (Fsp3) is 0.467. The van der Waals surface area contributed by atoms with Gasteiger partial charge in [-0.1, -0.05) is 0 Å². The van der Waals surface area contributed by atoms with Crippen LogP contribution in [-0.2, 0) is 4.79 Å². The Morgan fingerprint density at radius 3 is 2.62 bits per heavy atom. The number of carboxylic acid groups (broad SMARTS) is 1. The maximum Gasteiger partial charge on any atom is 0.326 e. The Kier molecular flexibility index (Phi) is 4.67. The smallest absolute Gasteiger partial charge is 0.326 e. The molecule has 0 aliphatic carbocycles. The summed E-state index contributed by atoms with van der Waals surface area (Å²) in [6.07, 6.45) is 2.10. The number of ether oxygens (including phenoxy) is 2. The lowest BCUT2D eigenvalue weighted by Gasteiger charge is -2.33. The van der Waals surface area contributed by atoms with Crippen LogP contribution in [0.5, 0.6) is 11.5 Å². The lowest BCUT2D eigenvalue weighted by Crippen LogP contribution is -2.48. The van der Waals surface area contributed by atoms with Gasteiger partial charge in [0.1, 0.15) is 17.5 Å². The van der Waals surface area contributed by atoms with E-state index in [1.165, 1.54) is 19.1 Å². The molecule has 1 heterocycles. The van der Waals surface area contributed by atoms with Crippen molar-refractivity contribution in [2.75, 3.05) is 20.8 Å². The van der Waals surface area contributed by atoms with Crippen molar-refractivity contribution in [2.45, 2.75) is 25.3 Å². The molecule has 0 aromatic heterocycles. The maximum absolute atomic E-state index is 12.7. The summed E-state index contributed by atoms with van der Waals surface area (Å²) in [6.45, 7) is 0.441. The minimum Gasteiger partial charge on any atom is -0.497 e. The zero-order chi connectivity index (χ0) is 15.4. The Morgan fingerprint density at radius 2 is 2.00 bits per heavy atom. The number of carbonyl (C=O) groups is 2. The molecule has 1 aliphatic rings. The van der Waals surface area contributed by atoms with E-state index in [0.29, 0.717) is 30.0 Å². The number of hydrogen-bond acceptors (Lipinski definition) is 4. The van der Waals surface area contributed by atoms with Gasteiger partial charge in [0.2, 0.25) is 0 Å². The summed E-state index contributed by atoms with van der Waals surface area (Å²) in [5, 5.41) is 9.28. The zero-order valence-electron chi connectivity index (χ0n) is 12.2. The number of likely N-dealkylation sites (tertiary alicyclic amines) is 1. The van der Waals surface area contributed by atoms with Gasteiger partial charge in [-0.05, 0) is 37.5 Å². The van der Waals surface area contributed by atoms with Crippen LogP contribution in [0.25, 0.3) is 0 Å². The minimum absolute atomic E-state index is 0.324. The van der Waals surface area contributed by atoms with E-state index in [0.717, 1.165) is 12.8 Å². The molecular weight excluding hydrogens is 274 g/mol. The van der Waals surface area contributed by atoms with Crippen LogP contribution < -0.4 is 9.47 Å². The molecule has 6 heteroatoms. The number of methoxy groups -OCH3 is 2. The fourth-order valence-corrected chi connectivity index (χ4v) is 2.57. The lowest BCUT2D eigenvalue weighted by atomic mass is 10.0. The molecule has 114 valence electrons. The van der Waals surface area contributed by atoms with Crippen molar-refractivity contribution in [3.05, 3.63) is 23.8 Å². The first-order chi connectivity index (χ1) is 10.1. The molecule has 21 heavy (non-hydrogen) atoms. The molecule has 1 fully saturated rings. The summed E-state index contributed by atoms with van der Waals surface area (Å²) < 4.78 is 10.3. The molecule has 0 spiro atoms. The number of amides is 1. The van der Waals surface area contributed by atoms with Crippen LogP contribution in [0.15, 0.2) is 18.2 Å². The summed E-state index contributed by atoms with van der Waals surface area (Å²) in [5.74, 6) is -0.360. The van der Waals surface area contributed by atoms with Crippen LogP contribution in [0.1, 0.15) is 29.6 Å². The van der Waals surface area contributed by atoms with Gasteiger partial charge < -0.3 is 19.5 Å². The second-order valence-electron chi connectivity index (χ2n) is 4.91. The van der Waals surface area contributed by atoms with Crippen LogP contribution in [-0.4, -0.2) is 48.7 Å². The van der Waals surface area contributed by atoms with Gasteiger partial charge in [0.15, 0.2) is 0 Å². The number of aliphatic carboxylic acids is 1. The molecule has 1 atom stereocenters. The molecule has 1 saturated heterocycles. The topological polar surface area (TPSA) is 76.1 Å². The Balaban J connectivity index is 2.35. The molecule has 0 bridgehead atoms. The van der Waals surface area contributed by atoms with Gasteiger partial charge in [-0.2, -0.15) is 0 Å². The summed E-state index contributed by atoms with van der Waals surface area (Å²) in [4.78, 5) is 25.4. The third-order valence-electron chi connectivity index (χ3n) is 3.69. The zero-order valence-corrected chi connectivity index (χ0v) is 12.2. The van der Waals surface area contributed by atoms with Gasteiger partial charge in [-0.3, -0.25) is 4.79 Å². The van der Waals surface area contributed by atoms with Gasteiger partial charge in [0, 0.05) is 6.54 Å². The highest BCUT2D eigenvalue weighted by Crippen LogP contribution is 2.28. The van der Waals surface area contributed by atoms with E-state index >= 15 is 0 Å². The van der Waals surface area contributed by atoms with Crippen molar-refractivity contribution in [3.63, 3.8) is 0 Å². The van der Waals surface area contributed by atoms with Crippen LogP contribution >= 0.6 is 0 Å². The number of hydrogen-bond donors (Lipinski definition) is 1. The molecule has 1 aromatic carbocycles. The molecule has 0 radical (unpaired) electrons. The Bertz CT molecular complexity index is 543. The van der Waals surface area contributed by atoms with Crippen molar-refractivity contribution >= 4 is 11.9 Å². The third-order valence-corrected chi connectivity index (χ3v) is 3.69. The highest BCUT2D eigenvalue weighted by atomic mass is 16.5. The predicted molar refractivity (Wildman–Crippen MR) is 75.9 cm³/mol. The Morgan fingerprint density at radius 1 is 1.24 bits per heavy atom. The third kappa shape index (κ3) is 3.09. The highest BCUT2D eigenvalue weighted by Gasteiger charge is 2.33. The van der Waals surface area contributed by atoms with E-state index in [2.05, 4.69) is 0 Å². The second-order valence-corrected chi connectivity index (χ2v) is 4.91. The van der Waals surface area contributed by atoms with Gasteiger partial charge >= 0.3 is 5.97 Å². The van der Waals surface area contributed by atoms with Crippen LogP contribution in [0.2, 0.25) is 0 Å². The molecule has 1 aromatic rings. The van der Waals surface area contributed by atoms with Crippen molar-refractivity contribution < 1.29 is 24.2 Å². The largest absolute Gasteiger partial charge is 0.497 e. The molecule has 0 saturated carbocycles. The van der Waals surface area contributed by atoms with E-state index in [1.54, 1.807) is 18.2 Å². The van der Waals surface area contributed by atoms with Crippen molar-refractivity contribution in [2.24, 2.45) is 0 Å². The molecule has 0 unspecified atom stereocenters. The second kappa shape index (κ2) is 6.47. The SMILES string of the molecule is COc1ccc(OC)c(C(=O)N2CCCC[C@@H]2C(=O)O)c1. The molecule has 1 aliphatic heterocycles. The number of piperidine rings is 1. The minimum atomic E-state index is -0.968. The van der Waals surface area contributed by atoms with E-state index in [-0.39, 0.29) is 5.91 Å². The number of rotatable bonds is 4. The van der Waals surface area contributed by atoms with Crippen molar-refractivity contribution in [1.29, 1.82) is 0 Å². The number of carbonyl (C=O) groups excluding carboxylic acids is 1. The van der Waals surface area contributed by atoms with Crippen LogP contribution in [0.4, 0.5) is 0 Å². The highest BCUT2D eigenvalue weighted by molar-refractivity contribution is 5.99. The van der Waals surface area contributed by atoms with Gasteiger partial charge in [-0.25, -0.2) is 4.79 Å². The first-order valence-electron chi connectivity index (χ1n) is 6.84. The normalized spacial score (nSPS) is 18.2. The lowest BCUT2D eigenvalue weighted by molar-refractivity contribution is -0.143. The van der Waals surface area contributed by atoms with E-state index in [9.17, 15) is 14.7 Å². The van der Waals surface area contributed by atoms with Gasteiger partial charge in [-0.15, -0.1) is 0 Å². The van der Waals surface area contributed by atoms with Crippen LogP contribution in [0.3, 0.4) is 0 Å². The predicted octanol–water partition coefficient (Wildman–Crippen LogP) is 1.78. The summed E-state index contributed by atoms with van der Waals surface area (Å²) in [6, 6.07) is 4.14. The molecular formula is C15H19NO5. The number of nitrogens with zero attached hydrogens (tertiary/aromatic N) is 1. The van der Waals surface area contributed by atoms with Gasteiger partial charge in [0.05, 0.1) is 19.8 Å². The van der Waals surface area contributed by atoms with Crippen molar-refractivity contribution in [3.8, 4) is 11.5 Å². The monoisotopic (exact) mass is 293 g/mol.